The number of aromatic nitrogens is 1. The average molecular weight is 207 g/mol. The summed E-state index contributed by atoms with van der Waals surface area (Å²) in [5.74, 6) is 0.109. The Labute approximate surface area is 87.6 Å². The lowest BCUT2D eigenvalue weighted by molar-refractivity contribution is 0.0994. The highest BCUT2D eigenvalue weighted by Crippen LogP contribution is 2.15. The van der Waals surface area contributed by atoms with Crippen molar-refractivity contribution in [1.82, 2.24) is 10.3 Å². The molecule has 0 unspecified atom stereocenters. The van der Waals surface area contributed by atoms with E-state index in [1.165, 1.54) is 6.20 Å². The van der Waals surface area contributed by atoms with E-state index in [2.05, 4.69) is 10.3 Å². The fraction of sp³-hybridized carbons (Fsp3) is 0.400. The summed E-state index contributed by atoms with van der Waals surface area (Å²) in [6.45, 7) is 1.81. The van der Waals surface area contributed by atoms with Crippen molar-refractivity contribution in [2.45, 2.75) is 12.5 Å². The van der Waals surface area contributed by atoms with Gasteiger partial charge in [0.05, 0.1) is 0 Å². The first-order chi connectivity index (χ1) is 7.25. The van der Waals surface area contributed by atoms with E-state index in [1.54, 1.807) is 12.1 Å². The number of hydrogen-bond acceptors (Lipinski definition) is 4. The normalized spacial score (nSPS) is 20.1. The first-order valence-electron chi connectivity index (χ1n) is 4.89. The molecule has 1 amide bonds. The van der Waals surface area contributed by atoms with Crippen LogP contribution in [0, 0.1) is 0 Å². The molecule has 1 aromatic rings. The molecule has 0 radical (unpaired) electrons. The first kappa shape index (κ1) is 9.92. The standard InChI is InChI=1S/C10H13N3O2/c11-10(14)9-5-7(2-4-13-9)15-8-1-3-12-6-8/h2,4-5,8,12H,1,3,6H2,(H2,11,14)/t8-/m0/s1. The van der Waals surface area contributed by atoms with E-state index in [0.29, 0.717) is 5.75 Å². The number of nitrogens with zero attached hydrogens (tertiary/aromatic N) is 1. The van der Waals surface area contributed by atoms with Gasteiger partial charge >= 0.3 is 0 Å². The highest BCUT2D eigenvalue weighted by Gasteiger charge is 2.16. The monoisotopic (exact) mass is 207 g/mol. The van der Waals surface area contributed by atoms with Crippen LogP contribution in [0.2, 0.25) is 0 Å². The van der Waals surface area contributed by atoms with E-state index in [-0.39, 0.29) is 11.8 Å². The number of ether oxygens (including phenoxy) is 1. The SMILES string of the molecule is NC(=O)c1cc(O[C@H]2CCNC2)ccn1. The van der Waals surface area contributed by atoms with Crippen molar-refractivity contribution in [3.63, 3.8) is 0 Å². The Kier molecular flexibility index (Phi) is 2.82. The summed E-state index contributed by atoms with van der Waals surface area (Å²) in [5, 5.41) is 3.20. The van der Waals surface area contributed by atoms with E-state index >= 15 is 0 Å². The van der Waals surface area contributed by atoms with E-state index in [0.717, 1.165) is 19.5 Å². The van der Waals surface area contributed by atoms with E-state index in [4.69, 9.17) is 10.5 Å². The number of nitrogens with one attached hydrogen (secondary N) is 1. The number of primary amides is 1. The van der Waals surface area contributed by atoms with Crippen LogP contribution in [0.25, 0.3) is 0 Å². The van der Waals surface area contributed by atoms with Crippen molar-refractivity contribution in [3.8, 4) is 5.75 Å². The molecule has 1 aliphatic rings. The smallest absolute Gasteiger partial charge is 0.267 e. The summed E-state index contributed by atoms with van der Waals surface area (Å²) in [7, 11) is 0. The van der Waals surface area contributed by atoms with Crippen LogP contribution in [0.5, 0.6) is 5.75 Å². The summed E-state index contributed by atoms with van der Waals surface area (Å²) in [5.41, 5.74) is 5.36. The maximum atomic E-state index is 10.9. The van der Waals surface area contributed by atoms with Crippen LogP contribution >= 0.6 is 0 Å². The molecule has 5 heteroatoms. The summed E-state index contributed by atoms with van der Waals surface area (Å²) in [4.78, 5) is 14.7. The third-order valence-corrected chi connectivity index (χ3v) is 2.30. The molecule has 1 atom stereocenters. The zero-order chi connectivity index (χ0) is 10.7. The summed E-state index contributed by atoms with van der Waals surface area (Å²) < 4.78 is 5.66. The Hall–Kier alpha value is -1.62. The fourth-order valence-corrected chi connectivity index (χ4v) is 1.54. The van der Waals surface area contributed by atoms with Gasteiger partial charge in [-0.1, -0.05) is 0 Å². The number of carbonyl (C=O) groups excluding carboxylic acids is 1. The highest BCUT2D eigenvalue weighted by atomic mass is 16.5. The minimum absolute atomic E-state index is 0.174. The Balaban J connectivity index is 2.07. The average Bonchev–Trinajstić information content (AvgIpc) is 2.71. The third-order valence-electron chi connectivity index (χ3n) is 2.30. The van der Waals surface area contributed by atoms with Crippen molar-refractivity contribution >= 4 is 5.91 Å². The second kappa shape index (κ2) is 4.27. The van der Waals surface area contributed by atoms with Gasteiger partial charge in [-0.15, -0.1) is 0 Å². The van der Waals surface area contributed by atoms with Gasteiger partial charge in [0.15, 0.2) is 0 Å². The molecule has 5 nitrogen and oxygen atoms in total. The van der Waals surface area contributed by atoms with Crippen molar-refractivity contribution in [3.05, 3.63) is 24.0 Å². The summed E-state index contributed by atoms with van der Waals surface area (Å²) in [6.07, 6.45) is 2.68. The van der Waals surface area contributed by atoms with E-state index < -0.39 is 5.91 Å². The Bertz CT molecular complexity index is 361. The van der Waals surface area contributed by atoms with Crippen LogP contribution in [-0.2, 0) is 0 Å². The Morgan fingerprint density at radius 3 is 3.20 bits per heavy atom. The molecule has 0 aromatic carbocycles. The molecule has 1 fully saturated rings. The number of nitrogens with two attached hydrogens (primary N) is 1. The van der Waals surface area contributed by atoms with Crippen LogP contribution in [-0.4, -0.2) is 30.1 Å². The maximum absolute atomic E-state index is 10.9. The van der Waals surface area contributed by atoms with Crippen LogP contribution < -0.4 is 15.8 Å². The van der Waals surface area contributed by atoms with Gasteiger partial charge in [-0.25, -0.2) is 0 Å². The number of pyridine rings is 1. The lowest BCUT2D eigenvalue weighted by Crippen LogP contribution is -2.20. The molecule has 2 heterocycles. The maximum Gasteiger partial charge on any atom is 0.267 e. The molecule has 2 rings (SSSR count). The summed E-state index contributed by atoms with van der Waals surface area (Å²) in [6, 6.07) is 3.30. The van der Waals surface area contributed by atoms with E-state index in [9.17, 15) is 4.79 Å². The van der Waals surface area contributed by atoms with Crippen molar-refractivity contribution in [1.29, 1.82) is 0 Å². The predicted molar refractivity (Wildman–Crippen MR) is 54.7 cm³/mol. The fourth-order valence-electron chi connectivity index (χ4n) is 1.54. The number of carbonyl (C=O) groups is 1. The third kappa shape index (κ3) is 2.44. The largest absolute Gasteiger partial charge is 0.489 e. The van der Waals surface area contributed by atoms with Gasteiger partial charge in [-0.05, 0) is 19.0 Å². The topological polar surface area (TPSA) is 77.2 Å². The van der Waals surface area contributed by atoms with Crippen LogP contribution in [0.1, 0.15) is 16.9 Å². The van der Waals surface area contributed by atoms with Gasteiger partial charge < -0.3 is 15.8 Å². The molecule has 0 aliphatic carbocycles. The molecular weight excluding hydrogens is 194 g/mol. The lowest BCUT2D eigenvalue weighted by Gasteiger charge is -2.12. The zero-order valence-electron chi connectivity index (χ0n) is 8.27. The van der Waals surface area contributed by atoms with Crippen LogP contribution in [0.3, 0.4) is 0 Å². The van der Waals surface area contributed by atoms with Crippen molar-refractivity contribution in [2.24, 2.45) is 5.73 Å². The molecule has 3 N–H and O–H groups in total. The zero-order valence-corrected chi connectivity index (χ0v) is 8.27. The number of amides is 1. The second-order valence-electron chi connectivity index (χ2n) is 3.47. The van der Waals surface area contributed by atoms with Crippen molar-refractivity contribution < 1.29 is 9.53 Å². The minimum Gasteiger partial charge on any atom is -0.489 e. The first-order valence-corrected chi connectivity index (χ1v) is 4.89. The summed E-state index contributed by atoms with van der Waals surface area (Å²) >= 11 is 0. The van der Waals surface area contributed by atoms with Crippen LogP contribution in [0.4, 0.5) is 0 Å². The molecule has 0 saturated carbocycles. The van der Waals surface area contributed by atoms with Gasteiger partial charge in [-0.3, -0.25) is 9.78 Å². The molecule has 1 saturated heterocycles. The predicted octanol–water partition coefficient (Wildman–Crippen LogP) is -0.0788. The Morgan fingerprint density at radius 2 is 2.53 bits per heavy atom. The molecular formula is C10H13N3O2. The van der Waals surface area contributed by atoms with Gasteiger partial charge in [0.1, 0.15) is 17.5 Å². The van der Waals surface area contributed by atoms with Gasteiger partial charge in [0.25, 0.3) is 5.91 Å². The van der Waals surface area contributed by atoms with E-state index in [1.807, 2.05) is 0 Å². The molecule has 1 aliphatic heterocycles. The number of rotatable bonds is 3. The molecule has 0 spiro atoms. The van der Waals surface area contributed by atoms with Crippen LogP contribution in [0.15, 0.2) is 18.3 Å². The highest BCUT2D eigenvalue weighted by molar-refractivity contribution is 5.91. The number of hydrogen-bond donors (Lipinski definition) is 2. The quantitative estimate of drug-likeness (QED) is 0.726. The lowest BCUT2D eigenvalue weighted by atomic mass is 10.3. The van der Waals surface area contributed by atoms with Gasteiger partial charge in [0.2, 0.25) is 0 Å². The molecule has 0 bridgehead atoms. The second-order valence-corrected chi connectivity index (χ2v) is 3.47. The molecule has 1 aromatic heterocycles. The van der Waals surface area contributed by atoms with Crippen molar-refractivity contribution in [2.75, 3.05) is 13.1 Å². The molecule has 15 heavy (non-hydrogen) atoms. The molecule has 80 valence electrons. The Morgan fingerprint density at radius 1 is 1.67 bits per heavy atom. The minimum atomic E-state index is -0.537. The van der Waals surface area contributed by atoms with Gasteiger partial charge in [-0.2, -0.15) is 0 Å². The van der Waals surface area contributed by atoms with Gasteiger partial charge in [0, 0.05) is 18.8 Å².